The molecule has 1 aromatic carbocycles. The summed E-state index contributed by atoms with van der Waals surface area (Å²) in [6.07, 6.45) is -1.75. The van der Waals surface area contributed by atoms with Crippen LogP contribution < -0.4 is 10.6 Å². The van der Waals surface area contributed by atoms with E-state index in [9.17, 15) is 36.6 Å². The van der Waals surface area contributed by atoms with Gasteiger partial charge in [0.15, 0.2) is 0 Å². The third-order valence-electron chi connectivity index (χ3n) is 6.69. The number of aromatic nitrogens is 4. The van der Waals surface area contributed by atoms with Crippen LogP contribution in [0.15, 0.2) is 36.7 Å². The van der Waals surface area contributed by atoms with E-state index in [4.69, 9.17) is 0 Å². The van der Waals surface area contributed by atoms with Gasteiger partial charge in [-0.25, -0.2) is 28.5 Å². The van der Waals surface area contributed by atoms with Gasteiger partial charge < -0.3 is 20.1 Å². The second kappa shape index (κ2) is 11.7. The minimum Gasteiger partial charge on any atom is -0.480 e. The van der Waals surface area contributed by atoms with Gasteiger partial charge in [-0.1, -0.05) is 6.92 Å². The number of imidazole rings is 1. The Morgan fingerprint density at radius 3 is 2.36 bits per heavy atom. The summed E-state index contributed by atoms with van der Waals surface area (Å²) in [5.41, 5.74) is -2.21. The van der Waals surface area contributed by atoms with Crippen molar-refractivity contribution in [2.45, 2.75) is 58.8 Å². The fourth-order valence-corrected chi connectivity index (χ4v) is 4.57. The van der Waals surface area contributed by atoms with E-state index < -0.39 is 52.5 Å². The number of pyridine rings is 1. The van der Waals surface area contributed by atoms with Crippen LogP contribution in [0.4, 0.5) is 27.6 Å². The fourth-order valence-electron chi connectivity index (χ4n) is 4.57. The molecule has 4 aromatic rings. The molecule has 0 aliphatic heterocycles. The van der Waals surface area contributed by atoms with Gasteiger partial charge in [0.25, 0.3) is 5.91 Å². The summed E-state index contributed by atoms with van der Waals surface area (Å²) in [5.74, 6) is -5.04. The fraction of sp³-hybridized carbons (Fsp3) is 0.321. The number of aliphatic carboxylic acids is 1. The molecule has 0 saturated heterocycles. The molecule has 222 valence electrons. The molecule has 0 aliphatic carbocycles. The summed E-state index contributed by atoms with van der Waals surface area (Å²) in [6, 6.07) is 2.83. The normalized spacial score (nSPS) is 13.2. The largest absolute Gasteiger partial charge is 0.480 e. The lowest BCUT2D eigenvalue weighted by atomic mass is 10.0. The van der Waals surface area contributed by atoms with Crippen molar-refractivity contribution in [3.63, 3.8) is 0 Å². The number of rotatable bonds is 9. The molecular formula is C28H27F5N6O3. The zero-order valence-electron chi connectivity index (χ0n) is 23.0. The van der Waals surface area contributed by atoms with Crippen molar-refractivity contribution in [2.24, 2.45) is 0 Å². The molecule has 0 fully saturated rings. The number of carbonyl (C=O) groups is 2. The van der Waals surface area contributed by atoms with Crippen molar-refractivity contribution in [1.29, 1.82) is 0 Å². The maximum Gasteiger partial charge on any atom is 0.420 e. The summed E-state index contributed by atoms with van der Waals surface area (Å²) >= 11 is 0. The summed E-state index contributed by atoms with van der Waals surface area (Å²) < 4.78 is 72.7. The number of benzene rings is 1. The van der Waals surface area contributed by atoms with Gasteiger partial charge in [0.05, 0.1) is 11.4 Å². The lowest BCUT2D eigenvalue weighted by Gasteiger charge is -2.19. The molecule has 0 bridgehead atoms. The van der Waals surface area contributed by atoms with E-state index in [2.05, 4.69) is 25.6 Å². The van der Waals surface area contributed by atoms with Crippen molar-refractivity contribution in [2.75, 3.05) is 5.32 Å². The van der Waals surface area contributed by atoms with E-state index >= 15 is 0 Å². The smallest absolute Gasteiger partial charge is 0.420 e. The molecule has 0 unspecified atom stereocenters. The van der Waals surface area contributed by atoms with Crippen molar-refractivity contribution in [3.05, 3.63) is 76.6 Å². The van der Waals surface area contributed by atoms with Crippen molar-refractivity contribution in [3.8, 4) is 11.3 Å². The summed E-state index contributed by atoms with van der Waals surface area (Å²) in [4.78, 5) is 36.9. The van der Waals surface area contributed by atoms with E-state index in [0.29, 0.717) is 6.42 Å². The number of alkyl halides is 3. The van der Waals surface area contributed by atoms with E-state index in [1.54, 1.807) is 0 Å². The maximum atomic E-state index is 14.7. The van der Waals surface area contributed by atoms with Gasteiger partial charge in [-0.2, -0.15) is 13.2 Å². The van der Waals surface area contributed by atoms with Crippen LogP contribution in [-0.4, -0.2) is 48.4 Å². The number of hydrogen-bond donors (Lipinski definition) is 3. The molecule has 2 atom stereocenters. The molecule has 9 nitrogen and oxygen atoms in total. The Balaban J connectivity index is 1.67. The lowest BCUT2D eigenvalue weighted by molar-refractivity contribution is -0.139. The molecular weight excluding hydrogens is 563 g/mol. The monoisotopic (exact) mass is 590 g/mol. The third kappa shape index (κ3) is 6.16. The zero-order valence-corrected chi connectivity index (χ0v) is 23.0. The average molecular weight is 591 g/mol. The SMILES string of the molecule is CC[C@H](C)Nc1cc(F)c(C(=O)N[C@@H](Cc2ccc(-c3nc(C)nc(C)c3C(F)(F)F)c3nccn23)C(=O)O)c(F)c1. The highest BCUT2D eigenvalue weighted by atomic mass is 19.4. The molecule has 0 aliphatic rings. The number of nitrogens with zero attached hydrogens (tertiary/aromatic N) is 4. The number of nitrogens with one attached hydrogen (secondary N) is 2. The molecule has 1 amide bonds. The molecule has 14 heteroatoms. The van der Waals surface area contributed by atoms with Gasteiger partial charge in [-0.05, 0) is 51.5 Å². The van der Waals surface area contributed by atoms with Crippen LogP contribution in [-0.2, 0) is 17.4 Å². The number of carboxylic acids is 1. The second-order valence-corrected chi connectivity index (χ2v) is 9.77. The van der Waals surface area contributed by atoms with Crippen LogP contribution in [0.5, 0.6) is 0 Å². The highest BCUT2D eigenvalue weighted by molar-refractivity contribution is 5.97. The van der Waals surface area contributed by atoms with Gasteiger partial charge in [0.2, 0.25) is 0 Å². The van der Waals surface area contributed by atoms with E-state index in [-0.39, 0.29) is 46.6 Å². The third-order valence-corrected chi connectivity index (χ3v) is 6.69. The number of carboxylic acid groups (broad SMARTS) is 1. The van der Waals surface area contributed by atoms with Crippen LogP contribution in [0, 0.1) is 25.5 Å². The van der Waals surface area contributed by atoms with Gasteiger partial charge >= 0.3 is 12.1 Å². The first-order chi connectivity index (χ1) is 19.7. The molecule has 4 rings (SSSR count). The topological polar surface area (TPSA) is 122 Å². The molecule has 0 radical (unpaired) electrons. The van der Waals surface area contributed by atoms with Crippen LogP contribution in [0.2, 0.25) is 0 Å². The predicted octanol–water partition coefficient (Wildman–Crippen LogP) is 5.34. The number of aryl methyl sites for hydroxylation is 2. The molecule has 3 aromatic heterocycles. The highest BCUT2D eigenvalue weighted by Crippen LogP contribution is 2.39. The maximum absolute atomic E-state index is 14.7. The predicted molar refractivity (Wildman–Crippen MR) is 143 cm³/mol. The van der Waals surface area contributed by atoms with Crippen LogP contribution in [0.25, 0.3) is 16.9 Å². The van der Waals surface area contributed by atoms with Crippen molar-refractivity contribution < 1.29 is 36.6 Å². The van der Waals surface area contributed by atoms with E-state index in [1.165, 1.54) is 42.8 Å². The Kier molecular flexibility index (Phi) is 8.45. The van der Waals surface area contributed by atoms with Crippen LogP contribution >= 0.6 is 0 Å². The van der Waals surface area contributed by atoms with Gasteiger partial charge in [-0.3, -0.25) is 4.79 Å². The number of halogens is 5. The number of carbonyl (C=O) groups excluding carboxylic acids is 1. The first-order valence-electron chi connectivity index (χ1n) is 12.9. The van der Waals surface area contributed by atoms with E-state index in [0.717, 1.165) is 12.1 Å². The molecule has 3 heterocycles. The Labute approximate surface area is 236 Å². The molecule has 0 spiro atoms. The van der Waals surface area contributed by atoms with Gasteiger partial charge in [-0.15, -0.1) is 0 Å². The van der Waals surface area contributed by atoms with Gasteiger partial charge in [0.1, 0.15) is 40.3 Å². The second-order valence-electron chi connectivity index (χ2n) is 9.77. The van der Waals surface area contributed by atoms with Crippen molar-refractivity contribution in [1.82, 2.24) is 24.7 Å². The quantitative estimate of drug-likeness (QED) is 0.225. The Morgan fingerprint density at radius 2 is 1.76 bits per heavy atom. The molecule has 3 N–H and O–H groups in total. The average Bonchev–Trinajstić information content (AvgIpc) is 3.37. The first kappa shape index (κ1) is 30.3. The van der Waals surface area contributed by atoms with E-state index in [1.807, 2.05) is 13.8 Å². The van der Waals surface area contributed by atoms with Gasteiger partial charge in [0, 0.05) is 41.8 Å². The standard InChI is InChI=1S/C28H27F5N6O3/c1-5-13(2)35-16-10-19(29)22(20(30)11-16)26(40)38-21(27(41)42)12-17-6-7-18(25-34-8-9-39(17)25)24-23(28(31,32)33)14(3)36-15(4)37-24/h6-11,13,21,35H,5,12H2,1-4H3,(H,38,40)(H,41,42)/t13-,21-/m0/s1. The first-order valence-corrected chi connectivity index (χ1v) is 12.9. The minimum atomic E-state index is -4.76. The Morgan fingerprint density at radius 1 is 1.10 bits per heavy atom. The summed E-state index contributed by atoms with van der Waals surface area (Å²) in [7, 11) is 0. The Bertz CT molecular complexity index is 1650. The zero-order chi connectivity index (χ0) is 30.9. The van der Waals surface area contributed by atoms with Crippen molar-refractivity contribution >= 4 is 23.2 Å². The van der Waals surface area contributed by atoms with Crippen LogP contribution in [0.3, 0.4) is 0 Å². The highest BCUT2D eigenvalue weighted by Gasteiger charge is 2.38. The Hall–Kier alpha value is -4.62. The number of fused-ring (bicyclic) bond motifs is 1. The lowest BCUT2D eigenvalue weighted by Crippen LogP contribution is -2.43. The number of anilines is 1. The summed E-state index contributed by atoms with van der Waals surface area (Å²) in [5, 5.41) is 14.8. The summed E-state index contributed by atoms with van der Waals surface area (Å²) in [6.45, 7) is 6.36. The molecule has 42 heavy (non-hydrogen) atoms. The molecule has 0 saturated carbocycles. The number of hydrogen-bond acceptors (Lipinski definition) is 6. The van der Waals surface area contributed by atoms with Crippen LogP contribution in [0.1, 0.15) is 53.4 Å². The number of amides is 1. The minimum absolute atomic E-state index is 0.0239.